The van der Waals surface area contributed by atoms with Crippen LogP contribution in [0.3, 0.4) is 0 Å². The van der Waals surface area contributed by atoms with Gasteiger partial charge in [-0.25, -0.2) is 13.2 Å². The van der Waals surface area contributed by atoms with Crippen LogP contribution in [0.5, 0.6) is 5.75 Å². The molecular weight excluding hydrogens is 432 g/mol. The van der Waals surface area contributed by atoms with Gasteiger partial charge in [0.25, 0.3) is 0 Å². The lowest BCUT2D eigenvalue weighted by Gasteiger charge is -2.24. The Balaban J connectivity index is 2.32. The van der Waals surface area contributed by atoms with Crippen LogP contribution in [-0.4, -0.2) is 46.8 Å². The highest BCUT2D eigenvalue weighted by molar-refractivity contribution is 7.92. The molecule has 0 unspecified atom stereocenters. The number of esters is 1. The lowest BCUT2D eigenvalue weighted by Crippen LogP contribution is -2.37. The fraction of sp³-hybridized carbons (Fsp3) is 0.300. The highest BCUT2D eigenvalue weighted by Crippen LogP contribution is 2.32. The zero-order valence-corrected chi connectivity index (χ0v) is 18.6. The summed E-state index contributed by atoms with van der Waals surface area (Å²) in [5, 5.41) is 2.94. The zero-order chi connectivity index (χ0) is 22.5. The maximum absolute atomic E-state index is 12.7. The van der Waals surface area contributed by atoms with Crippen molar-refractivity contribution in [2.45, 2.75) is 13.8 Å². The Kier molecular flexibility index (Phi) is 7.69. The SMILES string of the molecule is CCOC(=O)c1ccc(C)c(NC(=O)CN(c2cc(Cl)ccc2OC)S(C)(=O)=O)c1. The first kappa shape index (κ1) is 23.5. The van der Waals surface area contributed by atoms with E-state index in [1.165, 1.54) is 25.3 Å². The second kappa shape index (κ2) is 9.82. The molecule has 0 aromatic heterocycles. The van der Waals surface area contributed by atoms with E-state index in [0.717, 1.165) is 10.6 Å². The van der Waals surface area contributed by atoms with Crippen molar-refractivity contribution in [2.24, 2.45) is 0 Å². The number of carbonyl (C=O) groups excluding carboxylic acids is 2. The summed E-state index contributed by atoms with van der Waals surface area (Å²) < 4.78 is 35.8. The summed E-state index contributed by atoms with van der Waals surface area (Å²) in [5.74, 6) is -0.876. The van der Waals surface area contributed by atoms with Gasteiger partial charge in [0.05, 0.1) is 31.2 Å². The largest absolute Gasteiger partial charge is 0.495 e. The lowest BCUT2D eigenvalue weighted by atomic mass is 10.1. The second-order valence-corrected chi connectivity index (χ2v) is 8.73. The van der Waals surface area contributed by atoms with Crippen molar-refractivity contribution in [1.29, 1.82) is 0 Å². The number of carbonyl (C=O) groups is 2. The number of benzene rings is 2. The van der Waals surface area contributed by atoms with Crippen LogP contribution in [0.25, 0.3) is 0 Å². The molecule has 2 aromatic carbocycles. The van der Waals surface area contributed by atoms with Gasteiger partial charge in [-0.15, -0.1) is 0 Å². The Labute approximate surface area is 180 Å². The van der Waals surface area contributed by atoms with Gasteiger partial charge in [-0.1, -0.05) is 17.7 Å². The Morgan fingerprint density at radius 2 is 1.87 bits per heavy atom. The molecule has 8 nitrogen and oxygen atoms in total. The third-order valence-electron chi connectivity index (χ3n) is 4.12. The lowest BCUT2D eigenvalue weighted by molar-refractivity contribution is -0.114. The minimum Gasteiger partial charge on any atom is -0.495 e. The number of halogens is 1. The normalized spacial score (nSPS) is 11.0. The van der Waals surface area contributed by atoms with Gasteiger partial charge in [-0.05, 0) is 49.7 Å². The first-order chi connectivity index (χ1) is 14.1. The predicted octanol–water partition coefficient (Wildman–Crippen LogP) is 3.24. The summed E-state index contributed by atoms with van der Waals surface area (Å²) in [6.45, 7) is 3.15. The number of nitrogens with one attached hydrogen (secondary N) is 1. The number of hydrogen-bond donors (Lipinski definition) is 1. The van der Waals surface area contributed by atoms with Gasteiger partial charge in [0.2, 0.25) is 15.9 Å². The molecule has 1 amide bonds. The Bertz CT molecular complexity index is 1060. The smallest absolute Gasteiger partial charge is 0.338 e. The maximum atomic E-state index is 12.7. The van der Waals surface area contributed by atoms with Crippen LogP contribution in [0.15, 0.2) is 36.4 Å². The third-order valence-corrected chi connectivity index (χ3v) is 5.48. The topological polar surface area (TPSA) is 102 Å². The number of anilines is 2. The van der Waals surface area contributed by atoms with Crippen molar-refractivity contribution in [1.82, 2.24) is 0 Å². The molecule has 2 rings (SSSR count). The summed E-state index contributed by atoms with van der Waals surface area (Å²) in [7, 11) is -2.45. The van der Waals surface area contributed by atoms with E-state index >= 15 is 0 Å². The number of amides is 1. The first-order valence-corrected chi connectivity index (χ1v) is 11.2. The Hall–Kier alpha value is -2.78. The first-order valence-electron chi connectivity index (χ1n) is 8.95. The van der Waals surface area contributed by atoms with E-state index in [4.69, 9.17) is 21.1 Å². The van der Waals surface area contributed by atoms with Crippen molar-refractivity contribution < 1.29 is 27.5 Å². The van der Waals surface area contributed by atoms with E-state index in [2.05, 4.69) is 5.32 Å². The average molecular weight is 455 g/mol. The molecule has 30 heavy (non-hydrogen) atoms. The molecule has 0 aliphatic rings. The molecular formula is C20H23ClN2O6S. The molecule has 0 atom stereocenters. The molecule has 0 saturated carbocycles. The fourth-order valence-electron chi connectivity index (χ4n) is 2.66. The van der Waals surface area contributed by atoms with Crippen molar-refractivity contribution in [2.75, 3.05) is 36.1 Å². The molecule has 0 fully saturated rings. The quantitative estimate of drug-likeness (QED) is 0.614. The number of rotatable bonds is 8. The van der Waals surface area contributed by atoms with Crippen molar-refractivity contribution in [3.8, 4) is 5.75 Å². The van der Waals surface area contributed by atoms with Gasteiger partial charge in [0.1, 0.15) is 12.3 Å². The van der Waals surface area contributed by atoms with Crippen LogP contribution in [-0.2, 0) is 19.6 Å². The number of methoxy groups -OCH3 is 1. The molecule has 1 N–H and O–H groups in total. The summed E-state index contributed by atoms with van der Waals surface area (Å²) in [4.78, 5) is 24.6. The Morgan fingerprint density at radius 1 is 1.17 bits per heavy atom. The van der Waals surface area contributed by atoms with Gasteiger partial charge in [0, 0.05) is 10.7 Å². The van der Waals surface area contributed by atoms with Crippen LogP contribution in [0, 0.1) is 6.92 Å². The molecule has 0 saturated heterocycles. The van der Waals surface area contributed by atoms with Crippen LogP contribution >= 0.6 is 11.6 Å². The van der Waals surface area contributed by atoms with Crippen molar-refractivity contribution >= 4 is 44.9 Å². The molecule has 0 radical (unpaired) electrons. The summed E-state index contributed by atoms with van der Waals surface area (Å²) >= 11 is 6.01. The van der Waals surface area contributed by atoms with Crippen molar-refractivity contribution in [3.63, 3.8) is 0 Å². The molecule has 0 heterocycles. The van der Waals surface area contributed by atoms with E-state index in [1.54, 1.807) is 32.0 Å². The van der Waals surface area contributed by atoms with E-state index in [1.807, 2.05) is 0 Å². The summed E-state index contributed by atoms with van der Waals surface area (Å²) in [6, 6.07) is 9.20. The molecule has 162 valence electrons. The highest BCUT2D eigenvalue weighted by atomic mass is 35.5. The fourth-order valence-corrected chi connectivity index (χ4v) is 3.68. The van der Waals surface area contributed by atoms with E-state index in [9.17, 15) is 18.0 Å². The molecule has 0 bridgehead atoms. The number of hydrogen-bond acceptors (Lipinski definition) is 6. The number of sulfonamides is 1. The predicted molar refractivity (Wildman–Crippen MR) is 116 cm³/mol. The number of aryl methyl sites for hydroxylation is 1. The standard InChI is InChI=1S/C20H23ClN2O6S/c1-5-29-20(25)14-7-6-13(2)16(10-14)22-19(24)12-23(30(4,26)27)17-11-15(21)8-9-18(17)28-3/h6-11H,5,12H2,1-4H3,(H,22,24). The molecule has 0 aliphatic carbocycles. The third kappa shape index (κ3) is 5.87. The Morgan fingerprint density at radius 3 is 2.47 bits per heavy atom. The summed E-state index contributed by atoms with van der Waals surface area (Å²) in [5.41, 5.74) is 1.48. The number of nitrogens with zero attached hydrogens (tertiary/aromatic N) is 1. The molecule has 2 aromatic rings. The van der Waals surface area contributed by atoms with Gasteiger partial charge in [-0.2, -0.15) is 0 Å². The van der Waals surface area contributed by atoms with Crippen LogP contribution in [0.2, 0.25) is 5.02 Å². The second-order valence-electron chi connectivity index (χ2n) is 6.38. The number of ether oxygens (including phenoxy) is 2. The average Bonchev–Trinajstić information content (AvgIpc) is 2.67. The van der Waals surface area contributed by atoms with Gasteiger partial charge in [-0.3, -0.25) is 9.10 Å². The monoisotopic (exact) mass is 454 g/mol. The highest BCUT2D eigenvalue weighted by Gasteiger charge is 2.25. The van der Waals surface area contributed by atoms with Gasteiger partial charge >= 0.3 is 5.97 Å². The van der Waals surface area contributed by atoms with Crippen LogP contribution < -0.4 is 14.4 Å². The van der Waals surface area contributed by atoms with E-state index in [0.29, 0.717) is 11.3 Å². The molecule has 0 aliphatic heterocycles. The summed E-state index contributed by atoms with van der Waals surface area (Å²) in [6.07, 6.45) is 0.979. The minimum atomic E-state index is -3.83. The van der Waals surface area contributed by atoms with E-state index in [-0.39, 0.29) is 28.6 Å². The van der Waals surface area contributed by atoms with Crippen molar-refractivity contribution in [3.05, 3.63) is 52.5 Å². The molecule has 10 heteroatoms. The van der Waals surface area contributed by atoms with Crippen LogP contribution in [0.1, 0.15) is 22.8 Å². The van der Waals surface area contributed by atoms with Gasteiger partial charge in [0.15, 0.2) is 0 Å². The molecule has 0 spiro atoms. The maximum Gasteiger partial charge on any atom is 0.338 e. The van der Waals surface area contributed by atoms with Crippen LogP contribution in [0.4, 0.5) is 11.4 Å². The minimum absolute atomic E-state index is 0.139. The van der Waals surface area contributed by atoms with E-state index < -0.39 is 28.4 Å². The van der Waals surface area contributed by atoms with Gasteiger partial charge < -0.3 is 14.8 Å². The zero-order valence-electron chi connectivity index (χ0n) is 17.1.